The van der Waals surface area contributed by atoms with Crippen LogP contribution in [0.15, 0.2) is 28.6 Å². The highest BCUT2D eigenvalue weighted by Gasteiger charge is 2.35. The number of nitrogens with zero attached hydrogens (tertiary/aromatic N) is 3. The number of amides is 2. The first-order valence-electron chi connectivity index (χ1n) is 9.20. The molecule has 1 saturated heterocycles. The Hall–Kier alpha value is -1.93. The van der Waals surface area contributed by atoms with E-state index in [9.17, 15) is 9.59 Å². The van der Waals surface area contributed by atoms with E-state index in [4.69, 9.17) is 0 Å². The van der Waals surface area contributed by atoms with Crippen molar-refractivity contribution in [2.24, 2.45) is 5.92 Å². The molecule has 1 aliphatic rings. The molecule has 8 heteroatoms. The van der Waals surface area contributed by atoms with Gasteiger partial charge < -0.3 is 10.2 Å². The minimum Gasteiger partial charge on any atom is -0.312 e. The molecule has 144 valence electrons. The van der Waals surface area contributed by atoms with Crippen LogP contribution >= 0.6 is 23.1 Å². The van der Waals surface area contributed by atoms with Gasteiger partial charge in [-0.05, 0) is 30.5 Å². The van der Waals surface area contributed by atoms with Gasteiger partial charge in [0.2, 0.25) is 16.9 Å². The van der Waals surface area contributed by atoms with Gasteiger partial charge in [0.15, 0.2) is 4.34 Å². The fraction of sp³-hybridized carbons (Fsp3) is 0.474. The second kappa shape index (κ2) is 8.84. The van der Waals surface area contributed by atoms with Gasteiger partial charge in [0.05, 0.1) is 5.92 Å². The second-order valence-electron chi connectivity index (χ2n) is 6.62. The number of carbonyl (C=O) groups is 2. The van der Waals surface area contributed by atoms with E-state index in [1.54, 1.807) is 16.7 Å². The molecule has 1 N–H and O–H groups in total. The fourth-order valence-electron chi connectivity index (χ4n) is 2.82. The number of nitrogens with one attached hydrogen (secondary N) is 1. The van der Waals surface area contributed by atoms with Crippen LogP contribution in [0.2, 0.25) is 0 Å². The molecule has 2 heterocycles. The van der Waals surface area contributed by atoms with Crippen LogP contribution in [0, 0.1) is 5.92 Å². The van der Waals surface area contributed by atoms with Crippen molar-refractivity contribution in [3.8, 4) is 0 Å². The number of aromatic nitrogens is 2. The smallest absolute Gasteiger partial charge is 0.231 e. The maximum Gasteiger partial charge on any atom is 0.231 e. The Morgan fingerprint density at radius 1 is 1.33 bits per heavy atom. The lowest BCUT2D eigenvalue weighted by atomic mass is 10.1. The molecule has 0 spiro atoms. The lowest BCUT2D eigenvalue weighted by molar-refractivity contribution is -0.122. The zero-order valence-electron chi connectivity index (χ0n) is 15.8. The Morgan fingerprint density at radius 3 is 2.74 bits per heavy atom. The van der Waals surface area contributed by atoms with E-state index in [0.717, 1.165) is 22.9 Å². The van der Waals surface area contributed by atoms with E-state index in [1.165, 1.54) is 16.9 Å². The monoisotopic (exact) mass is 404 g/mol. The van der Waals surface area contributed by atoms with Gasteiger partial charge in [-0.2, -0.15) is 0 Å². The molecule has 1 aromatic heterocycles. The SMILES string of the molecule is CCc1ccc(N2C[C@H](C(=O)Nc3nnc(S[C@@H](C)CC)s3)CC2=O)cc1. The number of anilines is 2. The molecule has 1 fully saturated rings. The van der Waals surface area contributed by atoms with Gasteiger partial charge in [0.1, 0.15) is 0 Å². The number of carbonyl (C=O) groups excluding carboxylic acids is 2. The summed E-state index contributed by atoms with van der Waals surface area (Å²) in [6, 6.07) is 7.93. The Balaban J connectivity index is 1.60. The highest BCUT2D eigenvalue weighted by molar-refractivity contribution is 8.01. The number of thioether (sulfide) groups is 1. The summed E-state index contributed by atoms with van der Waals surface area (Å²) >= 11 is 3.03. The van der Waals surface area contributed by atoms with Crippen LogP contribution in [0.25, 0.3) is 0 Å². The summed E-state index contributed by atoms with van der Waals surface area (Å²) in [4.78, 5) is 26.6. The quantitative estimate of drug-likeness (QED) is 0.558. The predicted molar refractivity (Wildman–Crippen MR) is 110 cm³/mol. The van der Waals surface area contributed by atoms with Gasteiger partial charge in [0, 0.05) is 23.9 Å². The zero-order chi connectivity index (χ0) is 19.4. The molecular formula is C19H24N4O2S2. The lowest BCUT2D eigenvalue weighted by Gasteiger charge is -2.17. The maximum absolute atomic E-state index is 12.6. The van der Waals surface area contributed by atoms with E-state index in [1.807, 2.05) is 24.3 Å². The molecule has 0 saturated carbocycles. The molecule has 1 aromatic carbocycles. The summed E-state index contributed by atoms with van der Waals surface area (Å²) in [6.07, 6.45) is 2.22. The molecule has 0 aliphatic carbocycles. The van der Waals surface area contributed by atoms with E-state index < -0.39 is 0 Å². The molecule has 1 aliphatic heterocycles. The van der Waals surface area contributed by atoms with E-state index in [2.05, 4.69) is 36.3 Å². The minimum absolute atomic E-state index is 0.0234. The summed E-state index contributed by atoms with van der Waals surface area (Å²) in [5.41, 5.74) is 2.07. The highest BCUT2D eigenvalue weighted by atomic mass is 32.2. The summed E-state index contributed by atoms with van der Waals surface area (Å²) in [6.45, 7) is 6.75. The van der Waals surface area contributed by atoms with Crippen molar-refractivity contribution < 1.29 is 9.59 Å². The first-order chi connectivity index (χ1) is 13.0. The second-order valence-corrected chi connectivity index (χ2v) is 9.29. The van der Waals surface area contributed by atoms with E-state index in [0.29, 0.717) is 16.9 Å². The number of hydrogen-bond acceptors (Lipinski definition) is 6. The third-order valence-corrected chi connectivity index (χ3v) is 6.86. The topological polar surface area (TPSA) is 75.2 Å². The van der Waals surface area contributed by atoms with Crippen LogP contribution in [0.1, 0.15) is 39.2 Å². The molecule has 2 amide bonds. The van der Waals surface area contributed by atoms with E-state index in [-0.39, 0.29) is 24.2 Å². The molecule has 0 radical (unpaired) electrons. The van der Waals surface area contributed by atoms with E-state index >= 15 is 0 Å². The van der Waals surface area contributed by atoms with Gasteiger partial charge in [-0.3, -0.25) is 9.59 Å². The Kier molecular flexibility index (Phi) is 6.49. The van der Waals surface area contributed by atoms with Crippen molar-refractivity contribution in [3.05, 3.63) is 29.8 Å². The molecular weight excluding hydrogens is 380 g/mol. The zero-order valence-corrected chi connectivity index (χ0v) is 17.4. The third kappa shape index (κ3) is 4.87. The normalized spacial score (nSPS) is 18.0. The largest absolute Gasteiger partial charge is 0.312 e. The highest BCUT2D eigenvalue weighted by Crippen LogP contribution is 2.31. The molecule has 2 atom stereocenters. The Morgan fingerprint density at radius 2 is 2.07 bits per heavy atom. The van der Waals surface area contributed by atoms with Gasteiger partial charge in [-0.25, -0.2) is 0 Å². The maximum atomic E-state index is 12.6. The average Bonchev–Trinajstić information content (AvgIpc) is 3.28. The first-order valence-corrected chi connectivity index (χ1v) is 10.9. The van der Waals surface area contributed by atoms with Gasteiger partial charge >= 0.3 is 0 Å². The van der Waals surface area contributed by atoms with Crippen LogP contribution in [0.3, 0.4) is 0 Å². The van der Waals surface area contributed by atoms with Crippen molar-refractivity contribution in [3.63, 3.8) is 0 Å². The minimum atomic E-state index is -0.377. The standard InChI is InChI=1S/C19H24N4O2S2/c1-4-12(3)26-19-22-21-18(27-19)20-17(25)14-10-16(24)23(11-14)15-8-6-13(5-2)7-9-15/h6-9,12,14H,4-5,10-11H2,1-3H3,(H,20,21,25)/t12-,14+/m0/s1. The van der Waals surface area contributed by atoms with Crippen molar-refractivity contribution in [1.82, 2.24) is 10.2 Å². The molecule has 3 rings (SSSR count). The van der Waals surface area contributed by atoms with Crippen molar-refractivity contribution in [2.75, 3.05) is 16.8 Å². The van der Waals surface area contributed by atoms with Gasteiger partial charge in [-0.1, -0.05) is 56.0 Å². The molecule has 6 nitrogen and oxygen atoms in total. The van der Waals surface area contributed by atoms with Crippen molar-refractivity contribution >= 4 is 45.7 Å². The molecule has 27 heavy (non-hydrogen) atoms. The molecule has 2 aromatic rings. The van der Waals surface area contributed by atoms with Crippen LogP contribution in [-0.4, -0.2) is 33.8 Å². The van der Waals surface area contributed by atoms with Crippen LogP contribution in [0.4, 0.5) is 10.8 Å². The molecule has 0 unspecified atom stereocenters. The number of hydrogen-bond donors (Lipinski definition) is 1. The third-order valence-electron chi connectivity index (χ3n) is 4.67. The summed E-state index contributed by atoms with van der Waals surface area (Å²) < 4.78 is 0.847. The van der Waals surface area contributed by atoms with Crippen LogP contribution in [0.5, 0.6) is 0 Å². The van der Waals surface area contributed by atoms with Crippen molar-refractivity contribution in [2.45, 2.75) is 49.6 Å². The number of benzene rings is 1. The Bertz CT molecular complexity index is 806. The summed E-state index contributed by atoms with van der Waals surface area (Å²) in [5.74, 6) is -0.574. The van der Waals surface area contributed by atoms with Crippen LogP contribution < -0.4 is 10.2 Å². The fourth-order valence-corrected chi connectivity index (χ4v) is 4.82. The summed E-state index contributed by atoms with van der Waals surface area (Å²) in [5, 5.41) is 11.9. The lowest BCUT2D eigenvalue weighted by Crippen LogP contribution is -2.28. The number of aryl methyl sites for hydroxylation is 1. The average molecular weight is 405 g/mol. The summed E-state index contributed by atoms with van der Waals surface area (Å²) in [7, 11) is 0. The molecule has 0 bridgehead atoms. The van der Waals surface area contributed by atoms with Crippen LogP contribution in [-0.2, 0) is 16.0 Å². The number of rotatable bonds is 7. The Labute approximate surface area is 167 Å². The van der Waals surface area contributed by atoms with Crippen molar-refractivity contribution in [1.29, 1.82) is 0 Å². The first kappa shape index (κ1) is 19.8. The van der Waals surface area contributed by atoms with Gasteiger partial charge in [0.25, 0.3) is 0 Å². The predicted octanol–water partition coefficient (Wildman–Crippen LogP) is 3.98. The van der Waals surface area contributed by atoms with Gasteiger partial charge in [-0.15, -0.1) is 10.2 Å².